The summed E-state index contributed by atoms with van der Waals surface area (Å²) in [7, 11) is 1.62. The molecule has 0 radical (unpaired) electrons. The van der Waals surface area contributed by atoms with Crippen LogP contribution >= 0.6 is 0 Å². The maximum absolute atomic E-state index is 11.6. The Kier molecular flexibility index (Phi) is 5.12. The number of ether oxygens (including phenoxy) is 1. The van der Waals surface area contributed by atoms with Gasteiger partial charge in [0.25, 0.3) is 0 Å². The molecule has 1 amide bonds. The van der Waals surface area contributed by atoms with E-state index in [4.69, 9.17) is 4.74 Å². The van der Waals surface area contributed by atoms with Crippen molar-refractivity contribution >= 4 is 11.5 Å². The van der Waals surface area contributed by atoms with Crippen LogP contribution in [0.5, 0.6) is 5.88 Å². The Morgan fingerprint density at radius 3 is 2.50 bits per heavy atom. The summed E-state index contributed by atoms with van der Waals surface area (Å²) in [4.78, 5) is 16.2. The quantitative estimate of drug-likeness (QED) is 0.903. The first-order valence-electron chi connectivity index (χ1n) is 9.00. The standard InChI is InChI=1S/C22H26N2O2/c1-22(2,3)16-10-8-15(9-11-16)18(14-17-12-13-20(25)23-17)19-6-5-7-21(24-19)26-4/h5-11,14,17H,12-13H2,1-4H3,(H,23,25)/b18-14+/t17-/m1/s1. The molecule has 0 bridgehead atoms. The molecule has 136 valence electrons. The van der Waals surface area contributed by atoms with E-state index in [1.165, 1.54) is 5.56 Å². The predicted octanol–water partition coefficient (Wildman–Crippen LogP) is 4.10. The van der Waals surface area contributed by atoms with Gasteiger partial charge >= 0.3 is 0 Å². The third-order valence-corrected chi connectivity index (χ3v) is 4.67. The molecule has 4 nitrogen and oxygen atoms in total. The topological polar surface area (TPSA) is 51.2 Å². The molecular weight excluding hydrogens is 324 g/mol. The maximum atomic E-state index is 11.6. The number of aromatic nitrogens is 1. The zero-order valence-electron chi connectivity index (χ0n) is 15.9. The first-order chi connectivity index (χ1) is 12.4. The van der Waals surface area contributed by atoms with Gasteiger partial charge in [-0.2, -0.15) is 0 Å². The fourth-order valence-corrected chi connectivity index (χ4v) is 3.12. The molecule has 0 saturated carbocycles. The largest absolute Gasteiger partial charge is 0.481 e. The van der Waals surface area contributed by atoms with Crippen molar-refractivity contribution in [1.29, 1.82) is 0 Å². The molecule has 0 spiro atoms. The van der Waals surface area contributed by atoms with E-state index in [1.54, 1.807) is 7.11 Å². The minimum atomic E-state index is 0.0350. The number of hydrogen-bond acceptors (Lipinski definition) is 3. The van der Waals surface area contributed by atoms with Crippen molar-refractivity contribution in [3.8, 4) is 5.88 Å². The number of benzene rings is 1. The second kappa shape index (κ2) is 7.32. The van der Waals surface area contributed by atoms with Gasteiger partial charge in [-0.05, 0) is 29.0 Å². The summed E-state index contributed by atoms with van der Waals surface area (Å²) in [5.41, 5.74) is 4.33. The lowest BCUT2D eigenvalue weighted by Crippen LogP contribution is -2.23. The summed E-state index contributed by atoms with van der Waals surface area (Å²) in [6, 6.07) is 14.4. The lowest BCUT2D eigenvalue weighted by molar-refractivity contribution is -0.119. The molecule has 1 N–H and O–H groups in total. The minimum absolute atomic E-state index is 0.0350. The number of methoxy groups -OCH3 is 1. The lowest BCUT2D eigenvalue weighted by Gasteiger charge is -2.20. The van der Waals surface area contributed by atoms with Crippen molar-refractivity contribution in [2.45, 2.75) is 45.1 Å². The highest BCUT2D eigenvalue weighted by Crippen LogP contribution is 2.29. The van der Waals surface area contributed by atoms with Crippen molar-refractivity contribution in [2.75, 3.05) is 7.11 Å². The zero-order chi connectivity index (χ0) is 18.7. The lowest BCUT2D eigenvalue weighted by atomic mass is 9.86. The predicted molar refractivity (Wildman–Crippen MR) is 104 cm³/mol. The molecule has 1 aromatic heterocycles. The van der Waals surface area contributed by atoms with Crippen LogP contribution in [-0.4, -0.2) is 24.0 Å². The molecular formula is C22H26N2O2. The second-order valence-corrected chi connectivity index (χ2v) is 7.69. The van der Waals surface area contributed by atoms with Gasteiger partial charge in [0, 0.05) is 24.1 Å². The normalized spacial score (nSPS) is 17.9. The van der Waals surface area contributed by atoms with E-state index >= 15 is 0 Å². The van der Waals surface area contributed by atoms with Crippen LogP contribution in [0.25, 0.3) is 5.57 Å². The molecule has 0 aliphatic carbocycles. The van der Waals surface area contributed by atoms with Gasteiger partial charge in [0.1, 0.15) is 0 Å². The summed E-state index contributed by atoms with van der Waals surface area (Å²) in [6.07, 6.45) is 3.49. The van der Waals surface area contributed by atoms with Gasteiger partial charge in [0.2, 0.25) is 11.8 Å². The van der Waals surface area contributed by atoms with E-state index in [1.807, 2.05) is 18.2 Å². The molecule has 3 rings (SSSR count). The van der Waals surface area contributed by atoms with E-state index < -0.39 is 0 Å². The number of nitrogens with one attached hydrogen (secondary N) is 1. The molecule has 1 atom stereocenters. The number of carbonyl (C=O) groups excluding carboxylic acids is 1. The molecule has 2 heterocycles. The van der Waals surface area contributed by atoms with E-state index in [0.717, 1.165) is 23.3 Å². The number of carbonyl (C=O) groups is 1. The van der Waals surface area contributed by atoms with Gasteiger partial charge < -0.3 is 10.1 Å². The third kappa shape index (κ3) is 4.13. The highest BCUT2D eigenvalue weighted by Gasteiger charge is 2.21. The number of pyridine rings is 1. The molecule has 0 unspecified atom stereocenters. The van der Waals surface area contributed by atoms with Crippen molar-refractivity contribution in [1.82, 2.24) is 10.3 Å². The average molecular weight is 350 g/mol. The van der Waals surface area contributed by atoms with Gasteiger partial charge in [0.05, 0.1) is 12.8 Å². The SMILES string of the molecule is COc1cccc(/C(=C/[C@H]2CCC(=O)N2)c2ccc(C(C)(C)C)cc2)n1. The van der Waals surface area contributed by atoms with E-state index in [2.05, 4.69) is 61.4 Å². The molecule has 1 aliphatic rings. The van der Waals surface area contributed by atoms with Crippen molar-refractivity contribution in [3.63, 3.8) is 0 Å². The fraction of sp³-hybridized carbons (Fsp3) is 0.364. The van der Waals surface area contributed by atoms with Crippen molar-refractivity contribution in [3.05, 3.63) is 65.4 Å². The monoisotopic (exact) mass is 350 g/mol. The average Bonchev–Trinajstić information content (AvgIpc) is 3.04. The zero-order valence-corrected chi connectivity index (χ0v) is 15.9. The maximum Gasteiger partial charge on any atom is 0.220 e. The van der Waals surface area contributed by atoms with Gasteiger partial charge in [-0.3, -0.25) is 4.79 Å². The van der Waals surface area contributed by atoms with Crippen LogP contribution in [0.1, 0.15) is 50.4 Å². The van der Waals surface area contributed by atoms with Crippen LogP contribution in [0.4, 0.5) is 0 Å². The van der Waals surface area contributed by atoms with Crippen LogP contribution in [0, 0.1) is 0 Å². The van der Waals surface area contributed by atoms with Crippen LogP contribution in [0.2, 0.25) is 0 Å². The number of rotatable bonds is 4. The van der Waals surface area contributed by atoms with Gasteiger partial charge in [-0.1, -0.05) is 57.2 Å². The van der Waals surface area contributed by atoms with Gasteiger partial charge in [0.15, 0.2) is 0 Å². The Hall–Kier alpha value is -2.62. The first-order valence-corrected chi connectivity index (χ1v) is 9.00. The first kappa shape index (κ1) is 18.2. The van der Waals surface area contributed by atoms with Gasteiger partial charge in [-0.25, -0.2) is 4.98 Å². The molecule has 1 aliphatic heterocycles. The highest BCUT2D eigenvalue weighted by molar-refractivity contribution is 5.82. The summed E-state index contributed by atoms with van der Waals surface area (Å²) in [6.45, 7) is 6.61. The Morgan fingerprint density at radius 1 is 1.19 bits per heavy atom. The Labute approximate surface area is 155 Å². The van der Waals surface area contributed by atoms with Crippen molar-refractivity contribution in [2.24, 2.45) is 0 Å². The van der Waals surface area contributed by atoms with Crippen LogP contribution in [0.3, 0.4) is 0 Å². The van der Waals surface area contributed by atoms with Gasteiger partial charge in [-0.15, -0.1) is 0 Å². The van der Waals surface area contributed by atoms with Crippen LogP contribution in [0.15, 0.2) is 48.5 Å². The highest BCUT2D eigenvalue weighted by atomic mass is 16.5. The number of amides is 1. The summed E-state index contributed by atoms with van der Waals surface area (Å²) in [5, 5.41) is 3.01. The molecule has 2 aromatic rings. The van der Waals surface area contributed by atoms with Crippen LogP contribution in [-0.2, 0) is 10.2 Å². The third-order valence-electron chi connectivity index (χ3n) is 4.67. The minimum Gasteiger partial charge on any atom is -0.481 e. The summed E-state index contributed by atoms with van der Waals surface area (Å²) in [5.74, 6) is 0.683. The summed E-state index contributed by atoms with van der Waals surface area (Å²) >= 11 is 0. The second-order valence-electron chi connectivity index (χ2n) is 7.69. The number of nitrogens with zero attached hydrogens (tertiary/aromatic N) is 1. The molecule has 1 aromatic carbocycles. The Balaban J connectivity index is 2.02. The number of hydrogen-bond donors (Lipinski definition) is 1. The van der Waals surface area contributed by atoms with E-state index in [-0.39, 0.29) is 17.4 Å². The van der Waals surface area contributed by atoms with E-state index in [9.17, 15) is 4.79 Å². The smallest absolute Gasteiger partial charge is 0.220 e. The molecule has 1 saturated heterocycles. The Morgan fingerprint density at radius 2 is 1.92 bits per heavy atom. The Bertz CT molecular complexity index is 817. The molecule has 26 heavy (non-hydrogen) atoms. The van der Waals surface area contributed by atoms with Crippen LogP contribution < -0.4 is 10.1 Å². The van der Waals surface area contributed by atoms with Crippen molar-refractivity contribution < 1.29 is 9.53 Å². The summed E-state index contributed by atoms with van der Waals surface area (Å²) < 4.78 is 5.28. The molecule has 1 fully saturated rings. The fourth-order valence-electron chi connectivity index (χ4n) is 3.12. The van der Waals surface area contributed by atoms with E-state index in [0.29, 0.717) is 12.3 Å². The molecule has 4 heteroatoms.